The topological polar surface area (TPSA) is 26.0 Å². The highest BCUT2D eigenvalue weighted by Crippen LogP contribution is 2.45. The number of rotatable bonds is 2. The lowest BCUT2D eigenvalue weighted by Gasteiger charge is -2.22. The summed E-state index contributed by atoms with van der Waals surface area (Å²) in [4.78, 5) is 2.71. The summed E-state index contributed by atoms with van der Waals surface area (Å²) >= 11 is 1.84. The zero-order valence-electron chi connectivity index (χ0n) is 7.63. The van der Waals surface area contributed by atoms with Gasteiger partial charge in [-0.2, -0.15) is 0 Å². The first-order valence-electron chi connectivity index (χ1n) is 4.46. The maximum Gasteiger partial charge on any atom is 0.0503 e. The van der Waals surface area contributed by atoms with Gasteiger partial charge in [0.1, 0.15) is 0 Å². The van der Waals surface area contributed by atoms with Crippen molar-refractivity contribution in [3.8, 4) is 0 Å². The summed E-state index contributed by atoms with van der Waals surface area (Å²) in [5.74, 6) is 0.732. The Morgan fingerprint density at radius 1 is 1.50 bits per heavy atom. The molecule has 1 saturated carbocycles. The Bertz CT molecular complexity index is 284. The van der Waals surface area contributed by atoms with E-state index in [1.54, 1.807) is 0 Å². The van der Waals surface area contributed by atoms with Crippen LogP contribution in [0.4, 0.5) is 0 Å². The minimum atomic E-state index is -0.0566. The molecule has 1 aliphatic carbocycles. The predicted molar refractivity (Wildman–Crippen MR) is 53.3 cm³/mol. The van der Waals surface area contributed by atoms with Crippen molar-refractivity contribution < 1.29 is 0 Å². The van der Waals surface area contributed by atoms with Gasteiger partial charge in [0.25, 0.3) is 0 Å². The quantitative estimate of drug-likeness (QED) is 0.745. The Balaban J connectivity index is 2.27. The zero-order chi connectivity index (χ0) is 8.77. The van der Waals surface area contributed by atoms with E-state index in [9.17, 15) is 0 Å². The van der Waals surface area contributed by atoms with Crippen LogP contribution in [0.1, 0.15) is 29.5 Å². The number of thiophene rings is 1. The summed E-state index contributed by atoms with van der Waals surface area (Å²) in [5, 5.41) is 0. The lowest BCUT2D eigenvalue weighted by molar-refractivity contribution is 0.436. The van der Waals surface area contributed by atoms with E-state index in [4.69, 9.17) is 5.73 Å². The minimum Gasteiger partial charge on any atom is -0.321 e. The molecule has 1 aliphatic rings. The molecule has 0 amide bonds. The van der Waals surface area contributed by atoms with Gasteiger partial charge in [-0.05, 0) is 44.7 Å². The molecule has 1 unspecified atom stereocenters. The van der Waals surface area contributed by atoms with E-state index >= 15 is 0 Å². The molecule has 1 nitrogen and oxygen atoms in total. The minimum absolute atomic E-state index is 0.0566. The van der Waals surface area contributed by atoms with Gasteiger partial charge in [-0.1, -0.05) is 0 Å². The van der Waals surface area contributed by atoms with E-state index in [0.29, 0.717) is 0 Å². The Morgan fingerprint density at radius 3 is 2.58 bits per heavy atom. The fourth-order valence-electron chi connectivity index (χ4n) is 1.61. The van der Waals surface area contributed by atoms with E-state index in [1.165, 1.54) is 22.6 Å². The van der Waals surface area contributed by atoms with Crippen LogP contribution in [0, 0.1) is 12.8 Å². The van der Waals surface area contributed by atoms with Crippen molar-refractivity contribution in [3.05, 3.63) is 21.9 Å². The molecule has 0 bridgehead atoms. The van der Waals surface area contributed by atoms with Gasteiger partial charge in [-0.15, -0.1) is 11.3 Å². The van der Waals surface area contributed by atoms with Crippen molar-refractivity contribution >= 4 is 11.3 Å². The molecule has 12 heavy (non-hydrogen) atoms. The van der Waals surface area contributed by atoms with Gasteiger partial charge in [-0.3, -0.25) is 0 Å². The molecule has 1 atom stereocenters. The first kappa shape index (κ1) is 8.27. The SMILES string of the molecule is Cc1ccc(C(C)(N)C2CC2)s1. The predicted octanol–water partition coefficient (Wildman–Crippen LogP) is 2.64. The second kappa shape index (κ2) is 2.57. The van der Waals surface area contributed by atoms with Crippen molar-refractivity contribution in [1.29, 1.82) is 0 Å². The van der Waals surface area contributed by atoms with Gasteiger partial charge in [0.15, 0.2) is 0 Å². The summed E-state index contributed by atoms with van der Waals surface area (Å²) in [6.45, 7) is 4.30. The second-order valence-electron chi connectivity index (χ2n) is 3.97. The Labute approximate surface area is 77.6 Å². The second-order valence-corrected chi connectivity index (χ2v) is 5.26. The standard InChI is InChI=1S/C10H15NS/c1-7-3-6-9(12-7)10(2,11)8-4-5-8/h3,6,8H,4-5,11H2,1-2H3. The smallest absolute Gasteiger partial charge is 0.0503 e. The van der Waals surface area contributed by atoms with E-state index in [2.05, 4.69) is 26.0 Å². The molecular weight excluding hydrogens is 166 g/mol. The maximum absolute atomic E-state index is 6.27. The fourth-order valence-corrected chi connectivity index (χ4v) is 2.61. The zero-order valence-corrected chi connectivity index (χ0v) is 8.45. The molecule has 0 aliphatic heterocycles. The summed E-state index contributed by atoms with van der Waals surface area (Å²) in [6.07, 6.45) is 2.62. The first-order valence-corrected chi connectivity index (χ1v) is 5.28. The summed E-state index contributed by atoms with van der Waals surface area (Å²) in [6, 6.07) is 4.34. The molecule has 0 radical (unpaired) electrons. The third-order valence-corrected chi connectivity index (χ3v) is 3.95. The van der Waals surface area contributed by atoms with Crippen LogP contribution in [0.15, 0.2) is 12.1 Å². The highest BCUT2D eigenvalue weighted by atomic mass is 32.1. The number of hydrogen-bond donors (Lipinski definition) is 1. The van der Waals surface area contributed by atoms with Crippen LogP contribution >= 0.6 is 11.3 Å². The fraction of sp³-hybridized carbons (Fsp3) is 0.600. The molecular formula is C10H15NS. The van der Waals surface area contributed by atoms with E-state index in [1.807, 2.05) is 11.3 Å². The summed E-state index contributed by atoms with van der Waals surface area (Å²) in [7, 11) is 0. The largest absolute Gasteiger partial charge is 0.321 e. The third-order valence-electron chi connectivity index (χ3n) is 2.70. The molecule has 66 valence electrons. The number of hydrogen-bond acceptors (Lipinski definition) is 2. The lowest BCUT2D eigenvalue weighted by atomic mass is 9.95. The maximum atomic E-state index is 6.27. The molecule has 1 heterocycles. The van der Waals surface area contributed by atoms with Crippen LogP contribution in [-0.2, 0) is 5.54 Å². The normalized spacial score (nSPS) is 22.2. The van der Waals surface area contributed by atoms with Crippen molar-refractivity contribution in [1.82, 2.24) is 0 Å². The average molecular weight is 181 g/mol. The monoisotopic (exact) mass is 181 g/mol. The third kappa shape index (κ3) is 1.29. The highest BCUT2D eigenvalue weighted by Gasteiger charge is 2.40. The van der Waals surface area contributed by atoms with E-state index < -0.39 is 0 Å². The van der Waals surface area contributed by atoms with Crippen molar-refractivity contribution in [2.75, 3.05) is 0 Å². The Morgan fingerprint density at radius 2 is 2.17 bits per heavy atom. The molecule has 2 heteroatoms. The van der Waals surface area contributed by atoms with Crippen LogP contribution in [0.2, 0.25) is 0 Å². The molecule has 1 aromatic heterocycles. The average Bonchev–Trinajstić information content (AvgIpc) is 2.75. The van der Waals surface area contributed by atoms with Gasteiger partial charge in [0, 0.05) is 9.75 Å². The number of nitrogens with two attached hydrogens (primary N) is 1. The van der Waals surface area contributed by atoms with E-state index in [-0.39, 0.29) is 5.54 Å². The van der Waals surface area contributed by atoms with Gasteiger partial charge in [0.05, 0.1) is 5.54 Å². The van der Waals surface area contributed by atoms with Crippen molar-refractivity contribution in [3.63, 3.8) is 0 Å². The van der Waals surface area contributed by atoms with Crippen molar-refractivity contribution in [2.24, 2.45) is 11.7 Å². The number of aryl methyl sites for hydroxylation is 1. The summed E-state index contributed by atoms with van der Waals surface area (Å²) < 4.78 is 0. The van der Waals surface area contributed by atoms with Crippen LogP contribution in [0.3, 0.4) is 0 Å². The van der Waals surface area contributed by atoms with Crippen LogP contribution < -0.4 is 5.73 Å². The van der Waals surface area contributed by atoms with Gasteiger partial charge in [-0.25, -0.2) is 0 Å². The van der Waals surface area contributed by atoms with Crippen LogP contribution in [0.5, 0.6) is 0 Å². The van der Waals surface area contributed by atoms with Gasteiger partial charge in [0.2, 0.25) is 0 Å². The molecule has 1 aromatic rings. The Kier molecular flexibility index (Phi) is 1.77. The lowest BCUT2D eigenvalue weighted by Crippen LogP contribution is -2.34. The van der Waals surface area contributed by atoms with Gasteiger partial charge < -0.3 is 5.73 Å². The molecule has 0 spiro atoms. The Hall–Kier alpha value is -0.340. The van der Waals surface area contributed by atoms with E-state index in [0.717, 1.165) is 5.92 Å². The van der Waals surface area contributed by atoms with Gasteiger partial charge >= 0.3 is 0 Å². The van der Waals surface area contributed by atoms with Crippen LogP contribution in [0.25, 0.3) is 0 Å². The highest BCUT2D eigenvalue weighted by molar-refractivity contribution is 7.12. The molecule has 2 rings (SSSR count). The molecule has 0 aromatic carbocycles. The molecule has 0 saturated heterocycles. The molecule has 2 N–H and O–H groups in total. The molecule has 1 fully saturated rings. The van der Waals surface area contributed by atoms with Crippen LogP contribution in [-0.4, -0.2) is 0 Å². The van der Waals surface area contributed by atoms with Crippen molar-refractivity contribution in [2.45, 2.75) is 32.2 Å². The summed E-state index contributed by atoms with van der Waals surface area (Å²) in [5.41, 5.74) is 6.21. The first-order chi connectivity index (χ1) is 5.60.